The molecule has 0 saturated carbocycles. The number of hydrogen-bond acceptors (Lipinski definition) is 3. The highest BCUT2D eigenvalue weighted by Gasteiger charge is 2.39. The van der Waals surface area contributed by atoms with Crippen LogP contribution in [0.15, 0.2) is 24.3 Å². The number of ether oxygens (including phenoxy) is 2. The van der Waals surface area contributed by atoms with Crippen LogP contribution < -0.4 is 0 Å². The number of carbonyl (C=O) groups is 1. The lowest BCUT2D eigenvalue weighted by Gasteiger charge is -2.36. The standard InChI is InChI=1S/C18H25NO3/c1-18(2,3)22-17(20)19-11-6-9-15(19)16-14-8-5-4-7-13(14)10-12-21-16/h4-5,7-8,15-16H,6,9-12H2,1-3H3/t15-,16-/m0/s1. The van der Waals surface area contributed by atoms with Crippen LogP contribution in [0.5, 0.6) is 0 Å². The van der Waals surface area contributed by atoms with Crippen molar-refractivity contribution in [3.8, 4) is 0 Å². The zero-order valence-corrected chi connectivity index (χ0v) is 13.7. The zero-order valence-electron chi connectivity index (χ0n) is 13.7. The van der Waals surface area contributed by atoms with Gasteiger partial charge in [-0.15, -0.1) is 0 Å². The van der Waals surface area contributed by atoms with Crippen LogP contribution in [0.2, 0.25) is 0 Å². The highest BCUT2D eigenvalue weighted by molar-refractivity contribution is 5.69. The van der Waals surface area contributed by atoms with Crippen LogP contribution in [0.3, 0.4) is 0 Å². The lowest BCUT2D eigenvalue weighted by molar-refractivity contribution is -0.0265. The number of amides is 1. The summed E-state index contributed by atoms with van der Waals surface area (Å²) in [7, 11) is 0. The molecule has 0 radical (unpaired) electrons. The van der Waals surface area contributed by atoms with E-state index >= 15 is 0 Å². The van der Waals surface area contributed by atoms with E-state index in [1.54, 1.807) is 0 Å². The van der Waals surface area contributed by atoms with Gasteiger partial charge in [-0.25, -0.2) is 4.79 Å². The third kappa shape index (κ3) is 3.12. The molecule has 2 aliphatic rings. The first kappa shape index (κ1) is 15.3. The first-order valence-corrected chi connectivity index (χ1v) is 8.15. The molecule has 1 aromatic carbocycles. The van der Waals surface area contributed by atoms with Crippen molar-refractivity contribution in [3.05, 3.63) is 35.4 Å². The van der Waals surface area contributed by atoms with E-state index < -0.39 is 5.60 Å². The van der Waals surface area contributed by atoms with Gasteiger partial charge in [0.15, 0.2) is 0 Å². The van der Waals surface area contributed by atoms with E-state index in [1.807, 2.05) is 31.7 Å². The van der Waals surface area contributed by atoms with Crippen molar-refractivity contribution in [3.63, 3.8) is 0 Å². The molecule has 2 heterocycles. The van der Waals surface area contributed by atoms with E-state index in [4.69, 9.17) is 9.47 Å². The van der Waals surface area contributed by atoms with Crippen molar-refractivity contribution in [2.45, 2.75) is 57.8 Å². The van der Waals surface area contributed by atoms with Gasteiger partial charge in [0.2, 0.25) is 0 Å². The maximum Gasteiger partial charge on any atom is 0.410 e. The predicted octanol–water partition coefficient (Wildman–Crippen LogP) is 3.70. The molecule has 1 amide bonds. The lowest BCUT2D eigenvalue weighted by Crippen LogP contribution is -2.43. The lowest BCUT2D eigenvalue weighted by atomic mass is 9.92. The molecule has 0 aliphatic carbocycles. The minimum atomic E-state index is -0.463. The summed E-state index contributed by atoms with van der Waals surface area (Å²) in [5.41, 5.74) is 2.11. The molecule has 0 spiro atoms. The Hall–Kier alpha value is -1.55. The molecular weight excluding hydrogens is 278 g/mol. The zero-order chi connectivity index (χ0) is 15.7. The maximum atomic E-state index is 12.5. The summed E-state index contributed by atoms with van der Waals surface area (Å²) in [6.45, 7) is 7.19. The Morgan fingerprint density at radius 1 is 1.32 bits per heavy atom. The fourth-order valence-corrected chi connectivity index (χ4v) is 3.40. The van der Waals surface area contributed by atoms with Gasteiger partial charge in [-0.3, -0.25) is 0 Å². The Morgan fingerprint density at radius 3 is 2.86 bits per heavy atom. The molecule has 0 N–H and O–H groups in total. The molecule has 1 fully saturated rings. The number of nitrogens with zero attached hydrogens (tertiary/aromatic N) is 1. The van der Waals surface area contributed by atoms with Crippen molar-refractivity contribution >= 4 is 6.09 Å². The second-order valence-corrected chi connectivity index (χ2v) is 7.12. The van der Waals surface area contributed by atoms with E-state index in [2.05, 4.69) is 18.2 Å². The predicted molar refractivity (Wildman–Crippen MR) is 84.8 cm³/mol. The number of rotatable bonds is 1. The average Bonchev–Trinajstić information content (AvgIpc) is 2.94. The number of benzene rings is 1. The Kier molecular flexibility index (Phi) is 4.13. The summed E-state index contributed by atoms with van der Waals surface area (Å²) in [6.07, 6.45) is 2.68. The largest absolute Gasteiger partial charge is 0.444 e. The van der Waals surface area contributed by atoms with Crippen LogP contribution in [0.25, 0.3) is 0 Å². The maximum absolute atomic E-state index is 12.5. The molecule has 120 valence electrons. The van der Waals surface area contributed by atoms with Crippen LogP contribution in [0, 0.1) is 0 Å². The number of likely N-dealkylation sites (tertiary alicyclic amines) is 1. The third-order valence-electron chi connectivity index (χ3n) is 4.31. The molecule has 2 aliphatic heterocycles. The Balaban J connectivity index is 1.81. The van der Waals surface area contributed by atoms with Crippen molar-refractivity contribution in [2.24, 2.45) is 0 Å². The minimum absolute atomic E-state index is 0.0278. The van der Waals surface area contributed by atoms with Gasteiger partial charge < -0.3 is 14.4 Å². The van der Waals surface area contributed by atoms with Crippen LogP contribution >= 0.6 is 0 Å². The van der Waals surface area contributed by atoms with Crippen LogP contribution in [0.1, 0.15) is 50.8 Å². The molecule has 1 aromatic rings. The Bertz CT molecular complexity index is 550. The van der Waals surface area contributed by atoms with Gasteiger partial charge in [-0.1, -0.05) is 24.3 Å². The molecule has 1 saturated heterocycles. The SMILES string of the molecule is CC(C)(C)OC(=O)N1CCC[C@H]1[C@H]1OCCc2ccccc21. The molecule has 4 nitrogen and oxygen atoms in total. The molecule has 22 heavy (non-hydrogen) atoms. The smallest absolute Gasteiger partial charge is 0.410 e. The van der Waals surface area contributed by atoms with Crippen LogP contribution in [-0.4, -0.2) is 35.8 Å². The number of hydrogen-bond donors (Lipinski definition) is 0. The monoisotopic (exact) mass is 303 g/mol. The van der Waals surface area contributed by atoms with Crippen molar-refractivity contribution < 1.29 is 14.3 Å². The summed E-state index contributed by atoms with van der Waals surface area (Å²) in [6, 6.07) is 8.49. The first-order chi connectivity index (χ1) is 10.5. The quantitative estimate of drug-likeness (QED) is 0.794. The summed E-state index contributed by atoms with van der Waals surface area (Å²) < 4.78 is 11.6. The molecule has 0 aromatic heterocycles. The summed E-state index contributed by atoms with van der Waals surface area (Å²) in [5, 5.41) is 0. The van der Waals surface area contributed by atoms with E-state index in [9.17, 15) is 4.79 Å². The first-order valence-electron chi connectivity index (χ1n) is 8.15. The minimum Gasteiger partial charge on any atom is -0.444 e. The van der Waals surface area contributed by atoms with Crippen LogP contribution in [-0.2, 0) is 15.9 Å². The van der Waals surface area contributed by atoms with Gasteiger partial charge in [0.1, 0.15) is 11.7 Å². The van der Waals surface area contributed by atoms with Gasteiger partial charge in [-0.2, -0.15) is 0 Å². The molecular formula is C18H25NO3. The second kappa shape index (κ2) is 5.92. The van der Waals surface area contributed by atoms with Crippen molar-refractivity contribution in [1.29, 1.82) is 0 Å². The van der Waals surface area contributed by atoms with Crippen molar-refractivity contribution in [2.75, 3.05) is 13.2 Å². The fourth-order valence-electron chi connectivity index (χ4n) is 3.40. The fraction of sp³-hybridized carbons (Fsp3) is 0.611. The highest BCUT2D eigenvalue weighted by Crippen LogP contribution is 2.37. The van der Waals surface area contributed by atoms with Gasteiger partial charge in [-0.05, 0) is 51.2 Å². The van der Waals surface area contributed by atoms with Gasteiger partial charge in [0.25, 0.3) is 0 Å². The average molecular weight is 303 g/mol. The van der Waals surface area contributed by atoms with Gasteiger partial charge in [0.05, 0.1) is 12.6 Å². The molecule has 3 rings (SSSR count). The van der Waals surface area contributed by atoms with E-state index in [-0.39, 0.29) is 18.2 Å². The third-order valence-corrected chi connectivity index (χ3v) is 4.31. The normalized spacial score (nSPS) is 25.0. The van der Waals surface area contributed by atoms with E-state index in [1.165, 1.54) is 11.1 Å². The second-order valence-electron chi connectivity index (χ2n) is 7.12. The topological polar surface area (TPSA) is 38.8 Å². The van der Waals surface area contributed by atoms with Crippen molar-refractivity contribution in [1.82, 2.24) is 4.90 Å². The molecule has 0 unspecified atom stereocenters. The Labute approximate surface area is 132 Å². The summed E-state index contributed by atoms with van der Waals surface area (Å²) in [5.74, 6) is 0. The summed E-state index contributed by atoms with van der Waals surface area (Å²) in [4.78, 5) is 14.3. The summed E-state index contributed by atoms with van der Waals surface area (Å²) >= 11 is 0. The Morgan fingerprint density at radius 2 is 2.09 bits per heavy atom. The van der Waals surface area contributed by atoms with Gasteiger partial charge in [0, 0.05) is 6.54 Å². The van der Waals surface area contributed by atoms with Gasteiger partial charge >= 0.3 is 6.09 Å². The highest BCUT2D eigenvalue weighted by atomic mass is 16.6. The van der Waals surface area contributed by atoms with Crippen LogP contribution in [0.4, 0.5) is 4.79 Å². The number of carbonyl (C=O) groups excluding carboxylic acids is 1. The molecule has 4 heteroatoms. The van der Waals surface area contributed by atoms with E-state index in [0.29, 0.717) is 0 Å². The molecule has 2 atom stereocenters. The number of fused-ring (bicyclic) bond motifs is 1. The molecule has 0 bridgehead atoms. The van der Waals surface area contributed by atoms with E-state index in [0.717, 1.165) is 32.4 Å².